The van der Waals surface area contributed by atoms with E-state index in [9.17, 15) is 13.2 Å². The third-order valence-corrected chi connectivity index (χ3v) is 3.59. The number of nitrogen functional groups attached to an aromatic ring is 1. The summed E-state index contributed by atoms with van der Waals surface area (Å²) in [6.07, 6.45) is -2.38. The van der Waals surface area contributed by atoms with Crippen LogP contribution in [0.25, 0.3) is 0 Å². The molecule has 1 aromatic rings. The first-order valence-electron chi connectivity index (χ1n) is 6.05. The minimum Gasteiger partial charge on any atom is -0.398 e. The van der Waals surface area contributed by atoms with E-state index in [1.165, 1.54) is 6.07 Å². The van der Waals surface area contributed by atoms with Gasteiger partial charge in [0.15, 0.2) is 0 Å². The molecule has 2 atom stereocenters. The number of benzene rings is 1. The van der Waals surface area contributed by atoms with Crippen molar-refractivity contribution in [1.82, 2.24) is 0 Å². The summed E-state index contributed by atoms with van der Waals surface area (Å²) in [5.41, 5.74) is 5.05. The number of halogens is 3. The Morgan fingerprint density at radius 2 is 1.72 bits per heavy atom. The van der Waals surface area contributed by atoms with Gasteiger partial charge >= 0.3 is 6.18 Å². The molecule has 0 aliphatic carbocycles. The van der Waals surface area contributed by atoms with E-state index < -0.39 is 11.7 Å². The molecule has 2 rings (SSSR count). The third-order valence-electron chi connectivity index (χ3n) is 3.59. The summed E-state index contributed by atoms with van der Waals surface area (Å²) in [4.78, 5) is 2.04. The van der Waals surface area contributed by atoms with E-state index in [4.69, 9.17) is 5.73 Å². The zero-order valence-electron chi connectivity index (χ0n) is 10.5. The number of rotatable bonds is 1. The monoisotopic (exact) mass is 258 g/mol. The van der Waals surface area contributed by atoms with Gasteiger partial charge in [0.05, 0.1) is 5.56 Å². The van der Waals surface area contributed by atoms with Crippen molar-refractivity contribution in [2.45, 2.75) is 44.9 Å². The Morgan fingerprint density at radius 3 is 2.22 bits per heavy atom. The first-order valence-corrected chi connectivity index (χ1v) is 6.05. The summed E-state index contributed by atoms with van der Waals surface area (Å²) >= 11 is 0. The van der Waals surface area contributed by atoms with Crippen LogP contribution in [-0.2, 0) is 6.18 Å². The molecule has 1 aliphatic rings. The van der Waals surface area contributed by atoms with Gasteiger partial charge in [0.2, 0.25) is 0 Å². The summed E-state index contributed by atoms with van der Waals surface area (Å²) in [6.45, 7) is 4.07. The van der Waals surface area contributed by atoms with Crippen molar-refractivity contribution in [2.24, 2.45) is 0 Å². The van der Waals surface area contributed by atoms with Gasteiger partial charge in [0.1, 0.15) is 0 Å². The van der Waals surface area contributed by atoms with Gasteiger partial charge in [-0.3, -0.25) is 0 Å². The molecular weight excluding hydrogens is 241 g/mol. The lowest BCUT2D eigenvalue weighted by Crippen LogP contribution is -2.32. The lowest BCUT2D eigenvalue weighted by Gasteiger charge is -2.29. The number of hydrogen-bond acceptors (Lipinski definition) is 2. The highest BCUT2D eigenvalue weighted by Crippen LogP contribution is 2.38. The van der Waals surface area contributed by atoms with Crippen molar-refractivity contribution >= 4 is 11.4 Å². The van der Waals surface area contributed by atoms with Gasteiger partial charge in [-0.25, -0.2) is 0 Å². The van der Waals surface area contributed by atoms with E-state index in [2.05, 4.69) is 0 Å². The third kappa shape index (κ3) is 2.26. The predicted molar refractivity (Wildman–Crippen MR) is 66.5 cm³/mol. The largest absolute Gasteiger partial charge is 0.418 e. The molecule has 2 N–H and O–H groups in total. The van der Waals surface area contributed by atoms with Crippen LogP contribution in [0.1, 0.15) is 32.3 Å². The molecule has 1 aliphatic heterocycles. The number of hydrogen-bond donors (Lipinski definition) is 1. The molecule has 0 bridgehead atoms. The van der Waals surface area contributed by atoms with Gasteiger partial charge in [-0.1, -0.05) is 0 Å². The van der Waals surface area contributed by atoms with Gasteiger partial charge < -0.3 is 10.6 Å². The summed E-state index contributed by atoms with van der Waals surface area (Å²) < 4.78 is 38.4. The van der Waals surface area contributed by atoms with Crippen LogP contribution >= 0.6 is 0 Å². The van der Waals surface area contributed by atoms with E-state index in [1.54, 1.807) is 6.07 Å². The summed E-state index contributed by atoms with van der Waals surface area (Å²) in [7, 11) is 0. The fourth-order valence-electron chi connectivity index (χ4n) is 2.65. The molecule has 2 nitrogen and oxygen atoms in total. The molecule has 0 amide bonds. The van der Waals surface area contributed by atoms with Crippen molar-refractivity contribution < 1.29 is 13.2 Å². The number of nitrogens with zero attached hydrogens (tertiary/aromatic N) is 1. The standard InChI is InChI=1S/C13H17F3N2/c1-8-3-4-9(2)18(8)10-5-6-12(17)11(7-10)13(14,15)16/h5-9H,3-4,17H2,1-2H3/t8-,9-/m0/s1. The topological polar surface area (TPSA) is 29.3 Å². The van der Waals surface area contributed by atoms with Gasteiger partial charge in [-0.15, -0.1) is 0 Å². The second kappa shape index (κ2) is 4.37. The van der Waals surface area contributed by atoms with Gasteiger partial charge in [0, 0.05) is 23.5 Å². The highest BCUT2D eigenvalue weighted by atomic mass is 19.4. The van der Waals surface area contributed by atoms with E-state index >= 15 is 0 Å². The number of anilines is 2. The highest BCUT2D eigenvalue weighted by Gasteiger charge is 2.35. The Kier molecular flexibility index (Phi) is 3.17. The predicted octanol–water partition coefficient (Wildman–Crippen LogP) is 3.66. The average molecular weight is 258 g/mol. The quantitative estimate of drug-likeness (QED) is 0.779. The number of alkyl halides is 3. The minimum atomic E-state index is -4.40. The van der Waals surface area contributed by atoms with Crippen LogP contribution in [0, 0.1) is 0 Å². The van der Waals surface area contributed by atoms with Crippen molar-refractivity contribution in [3.05, 3.63) is 23.8 Å². The van der Waals surface area contributed by atoms with Crippen molar-refractivity contribution in [3.8, 4) is 0 Å². The number of nitrogens with two attached hydrogens (primary N) is 1. The Hall–Kier alpha value is -1.39. The second-order valence-corrected chi connectivity index (χ2v) is 4.95. The average Bonchev–Trinajstić information content (AvgIpc) is 2.58. The van der Waals surface area contributed by atoms with Crippen molar-refractivity contribution in [3.63, 3.8) is 0 Å². The van der Waals surface area contributed by atoms with E-state index in [0.29, 0.717) is 5.69 Å². The molecule has 0 unspecified atom stereocenters. The molecule has 100 valence electrons. The molecule has 1 saturated heterocycles. The van der Waals surface area contributed by atoms with Crippen LogP contribution in [0.4, 0.5) is 24.5 Å². The summed E-state index contributed by atoms with van der Waals surface area (Å²) in [6, 6.07) is 4.71. The molecule has 1 aromatic carbocycles. The minimum absolute atomic E-state index is 0.217. The van der Waals surface area contributed by atoms with Crippen molar-refractivity contribution in [1.29, 1.82) is 0 Å². The maximum absolute atomic E-state index is 12.8. The maximum Gasteiger partial charge on any atom is 0.418 e. The van der Waals surface area contributed by atoms with E-state index in [0.717, 1.165) is 18.9 Å². The zero-order chi connectivity index (χ0) is 13.5. The highest BCUT2D eigenvalue weighted by molar-refractivity contribution is 5.60. The Morgan fingerprint density at radius 1 is 1.17 bits per heavy atom. The van der Waals surface area contributed by atoms with Crippen molar-refractivity contribution in [2.75, 3.05) is 10.6 Å². The Bertz CT molecular complexity index is 432. The van der Waals surface area contributed by atoms with Gasteiger partial charge in [0.25, 0.3) is 0 Å². The zero-order valence-corrected chi connectivity index (χ0v) is 10.5. The van der Waals surface area contributed by atoms with Crippen LogP contribution in [0.5, 0.6) is 0 Å². The molecule has 0 aromatic heterocycles. The molecule has 1 heterocycles. The lowest BCUT2D eigenvalue weighted by atomic mass is 10.1. The Labute approximate surface area is 105 Å². The molecule has 18 heavy (non-hydrogen) atoms. The summed E-state index contributed by atoms with van der Waals surface area (Å²) in [5, 5.41) is 0. The lowest BCUT2D eigenvalue weighted by molar-refractivity contribution is -0.136. The van der Waals surface area contributed by atoms with Crippen LogP contribution in [0.15, 0.2) is 18.2 Å². The van der Waals surface area contributed by atoms with Gasteiger partial charge in [-0.2, -0.15) is 13.2 Å². The van der Waals surface area contributed by atoms with Gasteiger partial charge in [-0.05, 0) is 44.9 Å². The van der Waals surface area contributed by atoms with Crippen LogP contribution < -0.4 is 10.6 Å². The second-order valence-electron chi connectivity index (χ2n) is 4.95. The molecule has 0 saturated carbocycles. The molecular formula is C13H17F3N2. The fraction of sp³-hybridized carbons (Fsp3) is 0.538. The molecule has 0 radical (unpaired) electrons. The normalized spacial score (nSPS) is 24.6. The van der Waals surface area contributed by atoms with E-state index in [-0.39, 0.29) is 17.8 Å². The van der Waals surface area contributed by atoms with Crippen LogP contribution in [0.2, 0.25) is 0 Å². The van der Waals surface area contributed by atoms with E-state index in [1.807, 2.05) is 18.7 Å². The smallest absolute Gasteiger partial charge is 0.398 e. The molecule has 0 spiro atoms. The summed E-state index contributed by atoms with van der Waals surface area (Å²) in [5.74, 6) is 0. The Balaban J connectivity index is 2.41. The molecule has 5 heteroatoms. The van der Waals surface area contributed by atoms with Crippen LogP contribution in [-0.4, -0.2) is 12.1 Å². The van der Waals surface area contributed by atoms with Crippen LogP contribution in [0.3, 0.4) is 0 Å². The first-order chi connectivity index (χ1) is 8.30. The molecule has 1 fully saturated rings. The fourth-order valence-corrected chi connectivity index (χ4v) is 2.65. The maximum atomic E-state index is 12.8. The first kappa shape index (κ1) is 13.1. The SMILES string of the molecule is C[C@H]1CC[C@H](C)N1c1ccc(N)c(C(F)(F)F)c1.